The molecule has 2 heteroatoms. The normalized spacial score (nSPS) is 11.7. The number of fused-ring (bicyclic) bond motifs is 5. The molecule has 0 saturated carbocycles. The molecule has 0 atom stereocenters. The van der Waals surface area contributed by atoms with Crippen LogP contribution in [0.25, 0.3) is 22.3 Å². The number of hydrogen-bond acceptors (Lipinski definition) is 1. The van der Waals surface area contributed by atoms with E-state index in [0.29, 0.717) is 0 Å². The summed E-state index contributed by atoms with van der Waals surface area (Å²) in [6, 6.07) is 22.7. The molecule has 0 fully saturated rings. The van der Waals surface area contributed by atoms with Crippen LogP contribution >= 0.6 is 15.9 Å². The molecule has 96 valence electrons. The Bertz CT molecular complexity index is 808. The monoisotopic (exact) mass is 322 g/mol. The second-order valence-electron chi connectivity index (χ2n) is 4.78. The Balaban J connectivity index is 2.12. The van der Waals surface area contributed by atoms with Crippen LogP contribution in [-0.4, -0.2) is 0 Å². The molecule has 1 heterocycles. The van der Waals surface area contributed by atoms with Crippen LogP contribution in [0.5, 0.6) is 11.5 Å². The molecule has 1 aliphatic rings. The summed E-state index contributed by atoms with van der Waals surface area (Å²) in [5, 5.41) is 0. The standard InChI is InChI=1S/C18H11BrO/c19-12-9-10-18-16(11-12)14-6-2-1-5-13(14)15-7-3-4-8-17(15)20-18/h1-11H. The van der Waals surface area contributed by atoms with E-state index in [1.165, 1.54) is 11.1 Å². The van der Waals surface area contributed by atoms with Crippen LogP contribution in [0.15, 0.2) is 71.2 Å². The molecule has 0 amide bonds. The minimum Gasteiger partial charge on any atom is -0.456 e. The van der Waals surface area contributed by atoms with Gasteiger partial charge in [0.15, 0.2) is 0 Å². The number of rotatable bonds is 0. The topological polar surface area (TPSA) is 9.23 Å². The minimum absolute atomic E-state index is 0.894. The largest absolute Gasteiger partial charge is 0.456 e. The Labute approximate surface area is 126 Å². The molecule has 0 aliphatic carbocycles. The molecule has 20 heavy (non-hydrogen) atoms. The molecule has 4 rings (SSSR count). The van der Waals surface area contributed by atoms with Crippen LogP contribution in [0, 0.1) is 0 Å². The molecular formula is C18H11BrO. The zero-order chi connectivity index (χ0) is 13.5. The van der Waals surface area contributed by atoms with Crippen molar-refractivity contribution in [2.45, 2.75) is 0 Å². The first-order valence-electron chi connectivity index (χ1n) is 6.49. The SMILES string of the molecule is Brc1ccc2c(c1)-c1ccccc1-c1ccccc1O2. The summed E-state index contributed by atoms with van der Waals surface area (Å²) in [7, 11) is 0. The van der Waals surface area contributed by atoms with E-state index >= 15 is 0 Å². The lowest BCUT2D eigenvalue weighted by molar-refractivity contribution is 0.487. The highest BCUT2D eigenvalue weighted by Gasteiger charge is 2.19. The summed E-state index contributed by atoms with van der Waals surface area (Å²) >= 11 is 3.55. The van der Waals surface area contributed by atoms with Crippen LogP contribution in [0.4, 0.5) is 0 Å². The molecule has 0 N–H and O–H groups in total. The minimum atomic E-state index is 0.894. The Hall–Kier alpha value is -2.06. The highest BCUT2D eigenvalue weighted by atomic mass is 79.9. The number of benzene rings is 3. The van der Waals surface area contributed by atoms with E-state index in [0.717, 1.165) is 27.1 Å². The van der Waals surface area contributed by atoms with Crippen LogP contribution in [0.3, 0.4) is 0 Å². The van der Waals surface area contributed by atoms with Gasteiger partial charge in [-0.1, -0.05) is 58.4 Å². The number of hydrogen-bond donors (Lipinski definition) is 0. The summed E-state index contributed by atoms with van der Waals surface area (Å²) < 4.78 is 7.18. The van der Waals surface area contributed by atoms with Gasteiger partial charge < -0.3 is 4.74 Å². The van der Waals surface area contributed by atoms with Crippen molar-refractivity contribution >= 4 is 15.9 Å². The van der Waals surface area contributed by atoms with Gasteiger partial charge in [-0.2, -0.15) is 0 Å². The maximum atomic E-state index is 6.12. The fraction of sp³-hybridized carbons (Fsp3) is 0. The summed E-state index contributed by atoms with van der Waals surface area (Å²) in [5.74, 6) is 1.80. The van der Waals surface area contributed by atoms with Crippen molar-refractivity contribution in [2.24, 2.45) is 0 Å². The smallest absolute Gasteiger partial charge is 0.135 e. The summed E-state index contributed by atoms with van der Waals surface area (Å²) in [5.41, 5.74) is 4.66. The zero-order valence-corrected chi connectivity index (χ0v) is 12.2. The van der Waals surface area contributed by atoms with Gasteiger partial charge in [0.05, 0.1) is 0 Å². The van der Waals surface area contributed by atoms with Crippen molar-refractivity contribution in [3.8, 4) is 33.8 Å². The fourth-order valence-electron chi connectivity index (χ4n) is 2.65. The third-order valence-corrected chi connectivity index (χ3v) is 4.05. The molecule has 1 nitrogen and oxygen atoms in total. The first kappa shape index (κ1) is 11.7. The van der Waals surface area contributed by atoms with Crippen molar-refractivity contribution < 1.29 is 4.74 Å². The maximum absolute atomic E-state index is 6.12. The van der Waals surface area contributed by atoms with Crippen molar-refractivity contribution in [2.75, 3.05) is 0 Å². The van der Waals surface area contributed by atoms with Crippen LogP contribution in [0.1, 0.15) is 0 Å². The lowest BCUT2D eigenvalue weighted by Crippen LogP contribution is -1.85. The summed E-state index contributed by atoms with van der Waals surface area (Å²) in [4.78, 5) is 0. The lowest BCUT2D eigenvalue weighted by atomic mass is 9.95. The second-order valence-corrected chi connectivity index (χ2v) is 5.70. The third-order valence-electron chi connectivity index (χ3n) is 3.56. The van der Waals surface area contributed by atoms with Crippen LogP contribution < -0.4 is 4.74 Å². The first-order valence-corrected chi connectivity index (χ1v) is 7.28. The van der Waals surface area contributed by atoms with E-state index in [9.17, 15) is 0 Å². The predicted molar refractivity (Wildman–Crippen MR) is 85.1 cm³/mol. The van der Waals surface area contributed by atoms with Gasteiger partial charge in [0.1, 0.15) is 11.5 Å². The molecule has 0 radical (unpaired) electrons. The van der Waals surface area contributed by atoms with Crippen LogP contribution in [0.2, 0.25) is 0 Å². The van der Waals surface area contributed by atoms with Gasteiger partial charge in [-0.05, 0) is 35.4 Å². The van der Waals surface area contributed by atoms with Gasteiger partial charge in [-0.25, -0.2) is 0 Å². The Morgan fingerprint density at radius 1 is 0.600 bits per heavy atom. The molecular weight excluding hydrogens is 312 g/mol. The molecule has 0 spiro atoms. The highest BCUT2D eigenvalue weighted by molar-refractivity contribution is 9.10. The van der Waals surface area contributed by atoms with Crippen molar-refractivity contribution in [3.63, 3.8) is 0 Å². The average Bonchev–Trinajstić information content (AvgIpc) is 2.62. The van der Waals surface area contributed by atoms with E-state index in [2.05, 4.69) is 52.3 Å². The van der Waals surface area contributed by atoms with Gasteiger partial charge in [-0.15, -0.1) is 0 Å². The highest BCUT2D eigenvalue weighted by Crippen LogP contribution is 2.46. The van der Waals surface area contributed by atoms with E-state index in [1.807, 2.05) is 30.3 Å². The van der Waals surface area contributed by atoms with Gasteiger partial charge in [0.25, 0.3) is 0 Å². The van der Waals surface area contributed by atoms with Crippen LogP contribution in [-0.2, 0) is 0 Å². The number of ether oxygens (including phenoxy) is 1. The predicted octanol–water partition coefficient (Wildman–Crippen LogP) is 5.89. The Kier molecular flexibility index (Phi) is 2.64. The number of halogens is 1. The van der Waals surface area contributed by atoms with E-state index in [4.69, 9.17) is 4.74 Å². The lowest BCUT2D eigenvalue weighted by Gasteiger charge is -2.09. The second kappa shape index (κ2) is 4.50. The van der Waals surface area contributed by atoms with Gasteiger partial charge in [-0.3, -0.25) is 0 Å². The van der Waals surface area contributed by atoms with Crippen molar-refractivity contribution in [3.05, 3.63) is 71.2 Å². The van der Waals surface area contributed by atoms with E-state index in [1.54, 1.807) is 0 Å². The summed E-state index contributed by atoms with van der Waals surface area (Å²) in [6.07, 6.45) is 0. The zero-order valence-electron chi connectivity index (χ0n) is 10.6. The molecule has 1 aliphatic heterocycles. The quantitative estimate of drug-likeness (QED) is 0.392. The molecule has 0 saturated heterocycles. The van der Waals surface area contributed by atoms with E-state index in [-0.39, 0.29) is 0 Å². The molecule has 3 aromatic carbocycles. The molecule has 0 unspecified atom stereocenters. The van der Waals surface area contributed by atoms with Gasteiger partial charge in [0, 0.05) is 15.6 Å². The third kappa shape index (κ3) is 1.76. The molecule has 3 aromatic rings. The van der Waals surface area contributed by atoms with Gasteiger partial charge in [0.2, 0.25) is 0 Å². The van der Waals surface area contributed by atoms with Crippen molar-refractivity contribution in [1.29, 1.82) is 0 Å². The maximum Gasteiger partial charge on any atom is 0.135 e. The molecule has 0 bridgehead atoms. The number of para-hydroxylation sites is 1. The average molecular weight is 323 g/mol. The molecule has 0 aromatic heterocycles. The Morgan fingerprint density at radius 2 is 1.20 bits per heavy atom. The van der Waals surface area contributed by atoms with E-state index < -0.39 is 0 Å². The van der Waals surface area contributed by atoms with Crippen molar-refractivity contribution in [1.82, 2.24) is 0 Å². The first-order chi connectivity index (χ1) is 9.83. The fourth-order valence-corrected chi connectivity index (χ4v) is 3.01. The van der Waals surface area contributed by atoms with Gasteiger partial charge >= 0.3 is 0 Å². The summed E-state index contributed by atoms with van der Waals surface area (Å²) in [6.45, 7) is 0. The Morgan fingerprint density at radius 3 is 2.00 bits per heavy atom.